The zero-order chi connectivity index (χ0) is 25.7. The number of hydrogen-bond acceptors (Lipinski definition) is 4. The molecule has 1 N–H and O–H groups in total. The Balaban J connectivity index is 1.39. The largest absolute Gasteiger partial charge is 0.399 e. The number of aliphatic hydroxyl groups excluding tert-OH is 1. The molecule has 4 rings (SSSR count). The third kappa shape index (κ3) is 6.02. The number of benzene rings is 1. The Morgan fingerprint density at radius 2 is 2.00 bits per heavy atom. The summed E-state index contributed by atoms with van der Waals surface area (Å²) >= 11 is 1.97. The number of aliphatic hydroxyl groups is 1. The van der Waals surface area contributed by atoms with E-state index in [1.807, 2.05) is 11.8 Å². The van der Waals surface area contributed by atoms with Gasteiger partial charge in [-0.3, -0.25) is 0 Å². The number of rotatable bonds is 8. The lowest BCUT2D eigenvalue weighted by Crippen LogP contribution is -2.37. The monoisotopic (exact) mass is 507 g/mol. The van der Waals surface area contributed by atoms with Gasteiger partial charge in [-0.05, 0) is 115 Å². The zero-order valence-electron chi connectivity index (χ0n) is 22.7. The number of oxime groups is 1. The second-order valence-corrected chi connectivity index (χ2v) is 12.8. The van der Waals surface area contributed by atoms with Gasteiger partial charge in [-0.25, -0.2) is 0 Å². The summed E-state index contributed by atoms with van der Waals surface area (Å²) in [5.74, 6) is 4.12. The highest BCUT2D eigenvalue weighted by Gasteiger charge is 2.53. The second-order valence-electron chi connectivity index (χ2n) is 11.6. The minimum absolute atomic E-state index is 0.350. The molecule has 3 saturated carbocycles. The van der Waals surface area contributed by atoms with Crippen LogP contribution < -0.4 is 0 Å². The van der Waals surface area contributed by atoms with Crippen LogP contribution in [0.4, 0.5) is 0 Å². The first-order chi connectivity index (χ1) is 17.3. The molecule has 4 heteroatoms. The van der Waals surface area contributed by atoms with E-state index in [9.17, 15) is 5.11 Å². The van der Waals surface area contributed by atoms with Crippen LogP contribution in [0.1, 0.15) is 77.7 Å². The van der Waals surface area contributed by atoms with Crippen LogP contribution in [0.2, 0.25) is 0 Å². The highest BCUT2D eigenvalue weighted by Crippen LogP contribution is 2.62. The minimum atomic E-state index is -0.350. The molecule has 0 aromatic heterocycles. The van der Waals surface area contributed by atoms with Crippen molar-refractivity contribution in [2.45, 2.75) is 83.1 Å². The average molecular weight is 508 g/mol. The van der Waals surface area contributed by atoms with Gasteiger partial charge in [0.2, 0.25) is 0 Å². The predicted molar refractivity (Wildman–Crippen MR) is 153 cm³/mol. The molecule has 3 fully saturated rings. The van der Waals surface area contributed by atoms with Crippen molar-refractivity contribution in [3.05, 3.63) is 65.3 Å². The van der Waals surface area contributed by atoms with Crippen LogP contribution in [-0.4, -0.2) is 30.3 Å². The van der Waals surface area contributed by atoms with Gasteiger partial charge in [0.05, 0.1) is 12.3 Å². The van der Waals surface area contributed by atoms with Crippen molar-refractivity contribution in [2.75, 3.05) is 12.9 Å². The van der Waals surface area contributed by atoms with Crippen LogP contribution in [0.15, 0.2) is 69.8 Å². The van der Waals surface area contributed by atoms with Gasteiger partial charge >= 0.3 is 0 Å². The van der Waals surface area contributed by atoms with Gasteiger partial charge in [0.1, 0.15) is 7.11 Å². The van der Waals surface area contributed by atoms with E-state index < -0.39 is 0 Å². The van der Waals surface area contributed by atoms with E-state index in [1.165, 1.54) is 42.6 Å². The third-order valence-electron chi connectivity index (χ3n) is 9.29. The van der Waals surface area contributed by atoms with Crippen LogP contribution in [0, 0.1) is 29.1 Å². The van der Waals surface area contributed by atoms with E-state index in [2.05, 4.69) is 68.9 Å². The lowest BCUT2D eigenvalue weighted by Gasteiger charge is -2.45. The van der Waals surface area contributed by atoms with Crippen LogP contribution in [0.25, 0.3) is 0 Å². The molecule has 3 nitrogen and oxygen atoms in total. The van der Waals surface area contributed by atoms with E-state index in [4.69, 9.17) is 4.84 Å². The Labute approximate surface area is 223 Å². The van der Waals surface area contributed by atoms with Crippen molar-refractivity contribution >= 4 is 18.0 Å². The Morgan fingerprint density at radius 3 is 2.75 bits per heavy atom. The maximum Gasteiger partial charge on any atom is 0.106 e. The summed E-state index contributed by atoms with van der Waals surface area (Å²) in [6.45, 7) is 11.8. The van der Waals surface area contributed by atoms with Gasteiger partial charge in [-0.15, -0.1) is 11.8 Å². The first-order valence-corrected chi connectivity index (χ1v) is 14.9. The normalized spacial score (nSPS) is 33.9. The second kappa shape index (κ2) is 12.2. The summed E-state index contributed by atoms with van der Waals surface area (Å²) in [6, 6.07) is 8.59. The highest BCUT2D eigenvalue weighted by molar-refractivity contribution is 7.99. The molecule has 0 spiro atoms. The summed E-state index contributed by atoms with van der Waals surface area (Å²) in [5.41, 5.74) is 5.32. The molecule has 3 aliphatic carbocycles. The Hall–Kier alpha value is -1.78. The van der Waals surface area contributed by atoms with E-state index in [0.717, 1.165) is 53.9 Å². The molecule has 0 heterocycles. The van der Waals surface area contributed by atoms with E-state index in [-0.39, 0.29) is 6.10 Å². The summed E-state index contributed by atoms with van der Waals surface area (Å²) in [5, 5.41) is 14.1. The molecule has 3 aliphatic rings. The van der Waals surface area contributed by atoms with Crippen molar-refractivity contribution in [1.82, 2.24) is 0 Å². The SMILES string of the molecule is C=C1/C(=C\C=C2/CCCC3(C)C2CC(C)C3[C@H](C)CCSc2ccc(/C=N/OC)cc2)CCCC1O. The predicted octanol–water partition coefficient (Wildman–Crippen LogP) is 8.20. The molecule has 0 aliphatic heterocycles. The number of allylic oxidation sites excluding steroid dienone is 3. The van der Waals surface area contributed by atoms with E-state index in [0.29, 0.717) is 11.3 Å². The molecule has 1 aromatic rings. The van der Waals surface area contributed by atoms with Crippen molar-refractivity contribution in [1.29, 1.82) is 0 Å². The van der Waals surface area contributed by atoms with Gasteiger partial charge < -0.3 is 9.94 Å². The maximum absolute atomic E-state index is 10.2. The van der Waals surface area contributed by atoms with Crippen LogP contribution in [-0.2, 0) is 4.84 Å². The third-order valence-corrected chi connectivity index (χ3v) is 10.3. The maximum atomic E-state index is 10.2. The number of nitrogens with zero attached hydrogens (tertiary/aromatic N) is 1. The fraction of sp³-hybridized carbons (Fsp3) is 0.594. The number of hydrogen-bond donors (Lipinski definition) is 1. The molecule has 0 bridgehead atoms. The average Bonchev–Trinajstić information content (AvgIpc) is 3.14. The van der Waals surface area contributed by atoms with Crippen LogP contribution in [0.5, 0.6) is 0 Å². The summed E-state index contributed by atoms with van der Waals surface area (Å²) < 4.78 is 0. The lowest BCUT2D eigenvalue weighted by atomic mass is 9.60. The highest BCUT2D eigenvalue weighted by atomic mass is 32.2. The summed E-state index contributed by atoms with van der Waals surface area (Å²) in [6.07, 6.45) is 15.6. The fourth-order valence-corrected chi connectivity index (χ4v) is 8.64. The Bertz CT molecular complexity index is 994. The van der Waals surface area contributed by atoms with Crippen molar-refractivity contribution in [2.24, 2.45) is 34.2 Å². The smallest absolute Gasteiger partial charge is 0.106 e. The quantitative estimate of drug-likeness (QED) is 0.219. The molecule has 6 atom stereocenters. The van der Waals surface area contributed by atoms with Crippen LogP contribution in [0.3, 0.4) is 0 Å². The van der Waals surface area contributed by atoms with Crippen LogP contribution >= 0.6 is 11.8 Å². The minimum Gasteiger partial charge on any atom is -0.399 e. The molecule has 0 radical (unpaired) electrons. The first-order valence-electron chi connectivity index (χ1n) is 13.9. The molecule has 0 amide bonds. The van der Waals surface area contributed by atoms with Gasteiger partial charge in [0, 0.05) is 4.90 Å². The molecule has 5 unspecified atom stereocenters. The molecular formula is C32H45NO2S. The van der Waals surface area contributed by atoms with Crippen molar-refractivity contribution < 1.29 is 9.94 Å². The van der Waals surface area contributed by atoms with Gasteiger partial charge in [-0.2, -0.15) is 0 Å². The van der Waals surface area contributed by atoms with Crippen molar-refractivity contribution in [3.8, 4) is 0 Å². The number of thioether (sulfide) groups is 1. The topological polar surface area (TPSA) is 41.8 Å². The summed E-state index contributed by atoms with van der Waals surface area (Å²) in [4.78, 5) is 6.10. The molecule has 1 aromatic carbocycles. The Morgan fingerprint density at radius 1 is 1.22 bits per heavy atom. The lowest BCUT2D eigenvalue weighted by molar-refractivity contribution is 0.0809. The zero-order valence-corrected chi connectivity index (χ0v) is 23.5. The fourth-order valence-electron chi connectivity index (χ4n) is 7.58. The standard InChI is InChI=1S/C32H45NO2S/c1-22(17-19-36-28-15-11-25(12-16-28)21-33-35-5)31-23(2)20-29-27(9-7-18-32(29,31)4)14-13-26-8-6-10-30(34)24(26)3/h11-16,21-23,29-31,34H,3,6-10,17-20H2,1-2,4-5H3/b26-13-,27-14+,33-21+/t22-,23?,29?,30?,31?,32?/m1/s1. The van der Waals surface area contributed by atoms with Gasteiger partial charge in [0.15, 0.2) is 0 Å². The van der Waals surface area contributed by atoms with Gasteiger partial charge in [0.25, 0.3) is 0 Å². The van der Waals surface area contributed by atoms with Crippen molar-refractivity contribution in [3.63, 3.8) is 0 Å². The molecule has 0 saturated heterocycles. The number of fused-ring (bicyclic) bond motifs is 1. The molecule has 196 valence electrons. The summed E-state index contributed by atoms with van der Waals surface area (Å²) in [7, 11) is 1.57. The Kier molecular flexibility index (Phi) is 9.22. The molecule has 36 heavy (non-hydrogen) atoms. The van der Waals surface area contributed by atoms with Gasteiger partial charge in [-0.1, -0.05) is 62.4 Å². The van der Waals surface area contributed by atoms with E-state index >= 15 is 0 Å². The van der Waals surface area contributed by atoms with E-state index in [1.54, 1.807) is 18.9 Å². The molecular weight excluding hydrogens is 462 g/mol. The first kappa shape index (κ1) is 27.3.